The highest BCUT2D eigenvalue weighted by molar-refractivity contribution is 5.23. The lowest BCUT2D eigenvalue weighted by Gasteiger charge is -2.25. The van der Waals surface area contributed by atoms with E-state index in [1.807, 2.05) is 40.0 Å². The highest BCUT2D eigenvalue weighted by Crippen LogP contribution is 2.24. The van der Waals surface area contributed by atoms with Crippen molar-refractivity contribution in [3.8, 4) is 0 Å². The molecule has 0 saturated carbocycles. The molecule has 0 aliphatic carbocycles. The van der Waals surface area contributed by atoms with Crippen LogP contribution in [-0.2, 0) is 6.54 Å². The lowest BCUT2D eigenvalue weighted by molar-refractivity contribution is 0.246. The average Bonchev–Trinajstić information content (AvgIpc) is 2.70. The van der Waals surface area contributed by atoms with E-state index in [1.165, 1.54) is 6.07 Å². The first kappa shape index (κ1) is 13.7. The molecule has 3 nitrogen and oxygen atoms in total. The zero-order valence-electron chi connectivity index (χ0n) is 11.8. The molecule has 1 aromatic heterocycles. The first-order valence-corrected chi connectivity index (χ1v) is 6.37. The van der Waals surface area contributed by atoms with Gasteiger partial charge in [-0.2, -0.15) is 0 Å². The molecular formula is C15H19FN2O. The van der Waals surface area contributed by atoms with Crippen molar-refractivity contribution in [2.45, 2.75) is 33.4 Å². The first-order valence-electron chi connectivity index (χ1n) is 6.37. The van der Waals surface area contributed by atoms with Gasteiger partial charge >= 0.3 is 0 Å². The molecule has 2 aromatic rings. The highest BCUT2D eigenvalue weighted by atomic mass is 19.1. The Morgan fingerprint density at radius 3 is 2.58 bits per heavy atom. The number of aryl methyl sites for hydroxylation is 2. The Labute approximate surface area is 113 Å². The van der Waals surface area contributed by atoms with Crippen molar-refractivity contribution in [2.75, 3.05) is 7.05 Å². The van der Waals surface area contributed by atoms with Crippen LogP contribution in [0.2, 0.25) is 0 Å². The van der Waals surface area contributed by atoms with Gasteiger partial charge in [-0.1, -0.05) is 23.4 Å². The van der Waals surface area contributed by atoms with Gasteiger partial charge in [0.1, 0.15) is 11.6 Å². The predicted molar refractivity (Wildman–Crippen MR) is 72.3 cm³/mol. The average molecular weight is 262 g/mol. The molecule has 0 fully saturated rings. The van der Waals surface area contributed by atoms with E-state index in [1.54, 1.807) is 6.07 Å². The summed E-state index contributed by atoms with van der Waals surface area (Å²) in [5.41, 5.74) is 2.67. The number of hydrogen-bond acceptors (Lipinski definition) is 3. The number of benzene rings is 1. The van der Waals surface area contributed by atoms with Crippen LogP contribution < -0.4 is 0 Å². The Morgan fingerprint density at radius 2 is 2.00 bits per heavy atom. The second kappa shape index (κ2) is 5.53. The molecule has 0 amide bonds. The molecule has 19 heavy (non-hydrogen) atoms. The van der Waals surface area contributed by atoms with Gasteiger partial charge in [0.25, 0.3) is 0 Å². The SMILES string of the molecule is Cc1noc(C)c1CN(C)C(C)c1ccccc1F. The maximum atomic E-state index is 13.8. The van der Waals surface area contributed by atoms with E-state index >= 15 is 0 Å². The van der Waals surface area contributed by atoms with Crippen LogP contribution >= 0.6 is 0 Å². The highest BCUT2D eigenvalue weighted by Gasteiger charge is 2.18. The molecule has 0 bridgehead atoms. The Kier molecular flexibility index (Phi) is 4.00. The van der Waals surface area contributed by atoms with Crippen LogP contribution in [0.25, 0.3) is 0 Å². The quantitative estimate of drug-likeness (QED) is 0.842. The molecule has 1 atom stereocenters. The molecule has 1 unspecified atom stereocenters. The molecule has 0 spiro atoms. The van der Waals surface area contributed by atoms with Crippen LogP contribution in [-0.4, -0.2) is 17.1 Å². The van der Waals surface area contributed by atoms with Gasteiger partial charge in [0.05, 0.1) is 5.69 Å². The normalized spacial score (nSPS) is 12.9. The molecule has 0 saturated heterocycles. The third kappa shape index (κ3) is 2.84. The summed E-state index contributed by atoms with van der Waals surface area (Å²) in [5.74, 6) is 0.658. The number of halogens is 1. The summed E-state index contributed by atoms with van der Waals surface area (Å²) in [6.45, 7) is 6.51. The lowest BCUT2D eigenvalue weighted by atomic mass is 10.1. The smallest absolute Gasteiger partial charge is 0.138 e. The fourth-order valence-corrected chi connectivity index (χ4v) is 2.17. The Morgan fingerprint density at radius 1 is 1.32 bits per heavy atom. The second-order valence-corrected chi connectivity index (χ2v) is 4.92. The van der Waals surface area contributed by atoms with Gasteiger partial charge in [0.2, 0.25) is 0 Å². The summed E-state index contributed by atoms with van der Waals surface area (Å²) in [6, 6.07) is 6.88. The third-order valence-corrected chi connectivity index (χ3v) is 3.61. The standard InChI is InChI=1S/C15H19FN2O/c1-10-14(12(3)19-17-10)9-18(4)11(2)13-7-5-6-8-15(13)16/h5-8,11H,9H2,1-4H3. The van der Waals surface area contributed by atoms with Crippen LogP contribution in [0, 0.1) is 19.7 Å². The maximum Gasteiger partial charge on any atom is 0.138 e. The number of nitrogens with zero attached hydrogens (tertiary/aromatic N) is 2. The first-order chi connectivity index (χ1) is 9.00. The van der Waals surface area contributed by atoms with E-state index in [2.05, 4.69) is 10.1 Å². The topological polar surface area (TPSA) is 29.3 Å². The summed E-state index contributed by atoms with van der Waals surface area (Å²) in [5, 5.41) is 3.94. The van der Waals surface area contributed by atoms with Gasteiger partial charge in [-0.05, 0) is 33.9 Å². The van der Waals surface area contributed by atoms with Gasteiger partial charge in [-0.15, -0.1) is 0 Å². The van der Waals surface area contributed by atoms with Crippen molar-refractivity contribution in [3.05, 3.63) is 52.7 Å². The molecule has 2 rings (SSSR count). The Bertz CT molecular complexity index is 546. The molecular weight excluding hydrogens is 243 g/mol. The van der Waals surface area contributed by atoms with Crippen LogP contribution in [0.3, 0.4) is 0 Å². The zero-order valence-corrected chi connectivity index (χ0v) is 11.8. The summed E-state index contributed by atoms with van der Waals surface area (Å²) in [4.78, 5) is 2.09. The van der Waals surface area contributed by atoms with Crippen molar-refractivity contribution in [1.82, 2.24) is 10.1 Å². The van der Waals surface area contributed by atoms with Crippen LogP contribution in [0.1, 0.15) is 35.5 Å². The van der Waals surface area contributed by atoms with E-state index in [4.69, 9.17) is 4.52 Å². The lowest BCUT2D eigenvalue weighted by Crippen LogP contribution is -2.23. The van der Waals surface area contributed by atoms with Gasteiger partial charge in [0.15, 0.2) is 0 Å². The van der Waals surface area contributed by atoms with Crippen molar-refractivity contribution in [2.24, 2.45) is 0 Å². The molecule has 0 radical (unpaired) electrons. The largest absolute Gasteiger partial charge is 0.361 e. The fraction of sp³-hybridized carbons (Fsp3) is 0.400. The second-order valence-electron chi connectivity index (χ2n) is 4.92. The minimum atomic E-state index is -0.166. The zero-order chi connectivity index (χ0) is 14.0. The van der Waals surface area contributed by atoms with Gasteiger partial charge in [-0.3, -0.25) is 4.90 Å². The minimum absolute atomic E-state index is 0.00472. The Balaban J connectivity index is 2.17. The van der Waals surface area contributed by atoms with E-state index in [0.29, 0.717) is 12.1 Å². The van der Waals surface area contributed by atoms with E-state index in [-0.39, 0.29) is 11.9 Å². The Hall–Kier alpha value is -1.68. The van der Waals surface area contributed by atoms with Gasteiger partial charge < -0.3 is 4.52 Å². The van der Waals surface area contributed by atoms with Crippen LogP contribution in [0.15, 0.2) is 28.8 Å². The molecule has 4 heteroatoms. The number of aromatic nitrogens is 1. The predicted octanol–water partition coefficient (Wildman–Crippen LogP) is 3.62. The molecule has 0 aliphatic heterocycles. The third-order valence-electron chi connectivity index (χ3n) is 3.61. The van der Waals surface area contributed by atoms with E-state index < -0.39 is 0 Å². The van der Waals surface area contributed by atoms with Crippen molar-refractivity contribution >= 4 is 0 Å². The minimum Gasteiger partial charge on any atom is -0.361 e. The summed E-state index contributed by atoms with van der Waals surface area (Å²) >= 11 is 0. The maximum absolute atomic E-state index is 13.8. The number of rotatable bonds is 4. The van der Waals surface area contributed by atoms with E-state index in [0.717, 1.165) is 17.0 Å². The van der Waals surface area contributed by atoms with Crippen molar-refractivity contribution in [1.29, 1.82) is 0 Å². The molecule has 1 heterocycles. The molecule has 0 N–H and O–H groups in total. The monoisotopic (exact) mass is 262 g/mol. The van der Waals surface area contributed by atoms with Gasteiger partial charge in [-0.25, -0.2) is 4.39 Å². The number of hydrogen-bond donors (Lipinski definition) is 0. The van der Waals surface area contributed by atoms with Crippen molar-refractivity contribution < 1.29 is 8.91 Å². The fourth-order valence-electron chi connectivity index (χ4n) is 2.17. The summed E-state index contributed by atoms with van der Waals surface area (Å²) in [6.07, 6.45) is 0. The summed E-state index contributed by atoms with van der Waals surface area (Å²) in [7, 11) is 1.98. The van der Waals surface area contributed by atoms with Crippen LogP contribution in [0.4, 0.5) is 4.39 Å². The molecule has 1 aromatic carbocycles. The molecule has 0 aliphatic rings. The van der Waals surface area contributed by atoms with Crippen LogP contribution in [0.5, 0.6) is 0 Å². The molecule has 102 valence electrons. The van der Waals surface area contributed by atoms with Gasteiger partial charge in [0, 0.05) is 23.7 Å². The summed E-state index contributed by atoms with van der Waals surface area (Å²) < 4.78 is 18.9. The van der Waals surface area contributed by atoms with E-state index in [9.17, 15) is 4.39 Å². The van der Waals surface area contributed by atoms with Crippen molar-refractivity contribution in [3.63, 3.8) is 0 Å².